The minimum absolute atomic E-state index is 0.132. The van der Waals surface area contributed by atoms with E-state index in [1.54, 1.807) is 30.3 Å². The summed E-state index contributed by atoms with van der Waals surface area (Å²) in [5, 5.41) is 4.03. The van der Waals surface area contributed by atoms with Gasteiger partial charge in [-0.2, -0.15) is 9.29 Å². The summed E-state index contributed by atoms with van der Waals surface area (Å²) in [5.41, 5.74) is 1.90. The van der Waals surface area contributed by atoms with Crippen molar-refractivity contribution >= 4 is 10.0 Å². The molecule has 0 radical (unpaired) electrons. The Hall–Kier alpha value is -2.55. The molecule has 1 fully saturated rings. The predicted octanol–water partition coefficient (Wildman–Crippen LogP) is 2.81. The van der Waals surface area contributed by atoms with E-state index in [1.807, 2.05) is 31.2 Å². The molecule has 4 rings (SSSR count). The molecule has 1 atom stereocenters. The molecule has 1 saturated heterocycles. The molecule has 3 aromatic rings. The molecular weight excluding hydrogens is 366 g/mol. The van der Waals surface area contributed by atoms with Crippen molar-refractivity contribution in [1.29, 1.82) is 0 Å². The molecule has 2 heterocycles. The Morgan fingerprint density at radius 3 is 2.59 bits per heavy atom. The average molecular weight is 385 g/mol. The largest absolute Gasteiger partial charge is 0.366 e. The first-order chi connectivity index (χ1) is 13.1. The Kier molecular flexibility index (Phi) is 4.77. The maximum absolute atomic E-state index is 12.8. The highest BCUT2D eigenvalue weighted by molar-refractivity contribution is 7.89. The standard InChI is InChI=1S/C19H19N3O4S/c1-14-7-5-6-10-16(14)18-20-19(26-21-18)17-13-22(11-12-25-17)27(23,24)15-8-3-2-4-9-15/h2-10,17H,11-13H2,1H3. The molecular formula is C19H19N3O4S. The fraction of sp³-hybridized carbons (Fsp3) is 0.263. The molecule has 0 aliphatic carbocycles. The summed E-state index contributed by atoms with van der Waals surface area (Å²) in [5.74, 6) is 0.746. The number of hydrogen-bond donors (Lipinski definition) is 0. The molecule has 0 N–H and O–H groups in total. The number of nitrogens with zero attached hydrogens (tertiary/aromatic N) is 3. The van der Waals surface area contributed by atoms with Gasteiger partial charge in [0.15, 0.2) is 6.10 Å². The van der Waals surface area contributed by atoms with Crippen molar-refractivity contribution in [2.45, 2.75) is 17.9 Å². The van der Waals surface area contributed by atoms with Crippen molar-refractivity contribution in [3.8, 4) is 11.4 Å². The van der Waals surface area contributed by atoms with E-state index in [9.17, 15) is 8.42 Å². The Labute approximate surface area is 157 Å². The van der Waals surface area contributed by atoms with Crippen molar-refractivity contribution in [3.05, 3.63) is 66.1 Å². The molecule has 0 bridgehead atoms. The lowest BCUT2D eigenvalue weighted by molar-refractivity contribution is -0.0199. The summed E-state index contributed by atoms with van der Waals surface area (Å²) in [4.78, 5) is 4.69. The number of morpholine rings is 1. The number of hydrogen-bond acceptors (Lipinski definition) is 6. The summed E-state index contributed by atoms with van der Waals surface area (Å²) in [7, 11) is -3.59. The minimum atomic E-state index is -3.59. The van der Waals surface area contributed by atoms with E-state index in [2.05, 4.69) is 10.1 Å². The molecule has 0 saturated carbocycles. The zero-order valence-electron chi connectivity index (χ0n) is 14.8. The van der Waals surface area contributed by atoms with E-state index >= 15 is 0 Å². The zero-order chi connectivity index (χ0) is 18.9. The highest BCUT2D eigenvalue weighted by Crippen LogP contribution is 2.28. The van der Waals surface area contributed by atoms with E-state index in [0.29, 0.717) is 5.82 Å². The first kappa shape index (κ1) is 17.8. The molecule has 27 heavy (non-hydrogen) atoms. The van der Waals surface area contributed by atoms with Crippen LogP contribution in [0, 0.1) is 6.92 Å². The first-order valence-electron chi connectivity index (χ1n) is 8.62. The van der Waals surface area contributed by atoms with E-state index in [0.717, 1.165) is 11.1 Å². The molecule has 1 aliphatic heterocycles. The van der Waals surface area contributed by atoms with Gasteiger partial charge in [-0.1, -0.05) is 47.6 Å². The van der Waals surface area contributed by atoms with Gasteiger partial charge in [0.1, 0.15) is 0 Å². The van der Waals surface area contributed by atoms with Crippen LogP contribution in [0.2, 0.25) is 0 Å². The van der Waals surface area contributed by atoms with E-state index < -0.39 is 16.1 Å². The second-order valence-corrected chi connectivity index (χ2v) is 8.24. The van der Waals surface area contributed by atoms with Crippen LogP contribution < -0.4 is 0 Å². The molecule has 140 valence electrons. The Morgan fingerprint density at radius 1 is 1.07 bits per heavy atom. The third kappa shape index (κ3) is 3.51. The van der Waals surface area contributed by atoms with Crippen molar-refractivity contribution in [2.75, 3.05) is 19.7 Å². The Morgan fingerprint density at radius 2 is 1.81 bits per heavy atom. The van der Waals surface area contributed by atoms with Gasteiger partial charge in [-0.25, -0.2) is 8.42 Å². The summed E-state index contributed by atoms with van der Waals surface area (Å²) in [6.45, 7) is 2.65. The molecule has 2 aromatic carbocycles. The van der Waals surface area contributed by atoms with E-state index in [1.165, 1.54) is 4.31 Å². The van der Waals surface area contributed by atoms with Gasteiger partial charge >= 0.3 is 0 Å². The highest BCUT2D eigenvalue weighted by Gasteiger charge is 2.34. The maximum Gasteiger partial charge on any atom is 0.257 e. The molecule has 1 aromatic heterocycles. The van der Waals surface area contributed by atoms with Crippen LogP contribution >= 0.6 is 0 Å². The van der Waals surface area contributed by atoms with Crippen LogP contribution in [0.3, 0.4) is 0 Å². The number of aromatic nitrogens is 2. The molecule has 7 nitrogen and oxygen atoms in total. The summed E-state index contributed by atoms with van der Waals surface area (Å²) >= 11 is 0. The van der Waals surface area contributed by atoms with Gasteiger partial charge in [-0.05, 0) is 24.6 Å². The molecule has 8 heteroatoms. The van der Waals surface area contributed by atoms with Gasteiger partial charge in [0.2, 0.25) is 15.8 Å². The van der Waals surface area contributed by atoms with Crippen LogP contribution in [-0.4, -0.2) is 42.6 Å². The SMILES string of the molecule is Cc1ccccc1-c1noc(C2CN(S(=O)(=O)c3ccccc3)CCO2)n1. The first-order valence-corrected chi connectivity index (χ1v) is 10.1. The van der Waals surface area contributed by atoms with Crippen molar-refractivity contribution in [2.24, 2.45) is 0 Å². The van der Waals surface area contributed by atoms with E-state index in [4.69, 9.17) is 9.26 Å². The average Bonchev–Trinajstić information content (AvgIpc) is 3.19. The normalized spacial score (nSPS) is 18.5. The van der Waals surface area contributed by atoms with Crippen LogP contribution in [0.5, 0.6) is 0 Å². The highest BCUT2D eigenvalue weighted by atomic mass is 32.2. The molecule has 1 aliphatic rings. The summed E-state index contributed by atoms with van der Waals surface area (Å²) in [6.07, 6.45) is -0.595. The number of rotatable bonds is 4. The van der Waals surface area contributed by atoms with Crippen LogP contribution in [0.15, 0.2) is 64.0 Å². The number of ether oxygens (including phenoxy) is 1. The lowest BCUT2D eigenvalue weighted by Gasteiger charge is -2.30. The van der Waals surface area contributed by atoms with Gasteiger partial charge in [0.25, 0.3) is 5.89 Å². The molecule has 1 unspecified atom stereocenters. The monoisotopic (exact) mass is 385 g/mol. The number of sulfonamides is 1. The fourth-order valence-electron chi connectivity index (χ4n) is 3.03. The smallest absolute Gasteiger partial charge is 0.257 e. The molecule has 0 amide bonds. The number of benzene rings is 2. The Bertz CT molecular complexity index is 1030. The Balaban J connectivity index is 1.57. The van der Waals surface area contributed by atoms with Crippen molar-refractivity contribution in [3.63, 3.8) is 0 Å². The number of aryl methyl sites for hydroxylation is 1. The van der Waals surface area contributed by atoms with Crippen LogP contribution in [0.4, 0.5) is 0 Å². The predicted molar refractivity (Wildman–Crippen MR) is 98.4 cm³/mol. The van der Waals surface area contributed by atoms with Gasteiger partial charge in [0, 0.05) is 18.7 Å². The second-order valence-electron chi connectivity index (χ2n) is 6.31. The fourth-order valence-corrected chi connectivity index (χ4v) is 4.48. The quantitative estimate of drug-likeness (QED) is 0.686. The van der Waals surface area contributed by atoms with Crippen LogP contribution in [0.1, 0.15) is 17.6 Å². The minimum Gasteiger partial charge on any atom is -0.366 e. The zero-order valence-corrected chi connectivity index (χ0v) is 15.6. The van der Waals surface area contributed by atoms with Crippen LogP contribution in [0.25, 0.3) is 11.4 Å². The maximum atomic E-state index is 12.8. The van der Waals surface area contributed by atoms with Crippen molar-refractivity contribution < 1.29 is 17.7 Å². The van der Waals surface area contributed by atoms with Gasteiger partial charge < -0.3 is 9.26 Å². The topological polar surface area (TPSA) is 85.5 Å². The van der Waals surface area contributed by atoms with Gasteiger partial charge in [0.05, 0.1) is 11.5 Å². The lowest BCUT2D eigenvalue weighted by Crippen LogP contribution is -2.42. The molecule has 0 spiro atoms. The third-order valence-electron chi connectivity index (χ3n) is 4.51. The second kappa shape index (κ2) is 7.22. The summed E-state index contributed by atoms with van der Waals surface area (Å²) in [6, 6.07) is 16.1. The van der Waals surface area contributed by atoms with Gasteiger partial charge in [-0.3, -0.25) is 0 Å². The third-order valence-corrected chi connectivity index (χ3v) is 6.39. The van der Waals surface area contributed by atoms with Crippen LogP contribution in [-0.2, 0) is 14.8 Å². The lowest BCUT2D eigenvalue weighted by atomic mass is 10.1. The van der Waals surface area contributed by atoms with E-state index in [-0.39, 0.29) is 30.5 Å². The van der Waals surface area contributed by atoms with Gasteiger partial charge in [-0.15, -0.1) is 0 Å². The summed E-state index contributed by atoms with van der Waals surface area (Å²) < 4.78 is 38.2. The van der Waals surface area contributed by atoms with Crippen molar-refractivity contribution in [1.82, 2.24) is 14.4 Å².